The summed E-state index contributed by atoms with van der Waals surface area (Å²) in [5, 5.41) is 5.71. The molecule has 1 aliphatic carbocycles. The minimum absolute atomic E-state index is 0.0723. The standard InChI is InChI=1S/C22H26N2O2S/c1-14-4-9-20(16(3)12-14)27-18-7-5-17(6-8-18)24-21(25)10-11-23-22(26)19-13-15(19)2/h4-9,12,15,19H,10-11,13H2,1-3H3,(H,23,26)(H,24,25). The number of hydrogen-bond donors (Lipinski definition) is 2. The van der Waals surface area contributed by atoms with Crippen molar-refractivity contribution in [1.29, 1.82) is 0 Å². The van der Waals surface area contributed by atoms with E-state index in [4.69, 9.17) is 0 Å². The maximum Gasteiger partial charge on any atom is 0.226 e. The number of aryl methyl sites for hydroxylation is 2. The van der Waals surface area contributed by atoms with Crippen LogP contribution in [0.1, 0.15) is 30.9 Å². The van der Waals surface area contributed by atoms with Crippen LogP contribution in [-0.4, -0.2) is 18.4 Å². The minimum atomic E-state index is -0.0890. The summed E-state index contributed by atoms with van der Waals surface area (Å²) in [6, 6.07) is 14.3. The Labute approximate surface area is 165 Å². The highest BCUT2D eigenvalue weighted by atomic mass is 32.2. The maximum atomic E-state index is 12.0. The van der Waals surface area contributed by atoms with Crippen LogP contribution in [0, 0.1) is 25.7 Å². The molecule has 0 heterocycles. The highest BCUT2D eigenvalue weighted by Gasteiger charge is 2.38. The first-order valence-electron chi connectivity index (χ1n) is 9.35. The van der Waals surface area contributed by atoms with Gasteiger partial charge >= 0.3 is 0 Å². The van der Waals surface area contributed by atoms with E-state index in [1.165, 1.54) is 16.0 Å². The molecule has 2 aromatic rings. The molecule has 0 aromatic heterocycles. The zero-order valence-electron chi connectivity index (χ0n) is 16.0. The Kier molecular flexibility index (Phi) is 6.22. The van der Waals surface area contributed by atoms with Crippen molar-refractivity contribution in [2.45, 2.75) is 43.4 Å². The molecular weight excluding hydrogens is 356 g/mol. The molecule has 0 saturated heterocycles. The summed E-state index contributed by atoms with van der Waals surface area (Å²) in [7, 11) is 0. The van der Waals surface area contributed by atoms with Crippen molar-refractivity contribution in [3.63, 3.8) is 0 Å². The van der Waals surface area contributed by atoms with Gasteiger partial charge in [0.25, 0.3) is 0 Å². The minimum Gasteiger partial charge on any atom is -0.355 e. The van der Waals surface area contributed by atoms with E-state index in [2.05, 4.69) is 49.6 Å². The molecule has 3 rings (SSSR count). The van der Waals surface area contributed by atoms with E-state index in [1.807, 2.05) is 24.3 Å². The van der Waals surface area contributed by atoms with Gasteiger partial charge in [-0.3, -0.25) is 9.59 Å². The third kappa shape index (κ3) is 5.60. The van der Waals surface area contributed by atoms with Gasteiger partial charge < -0.3 is 10.6 Å². The van der Waals surface area contributed by atoms with Crippen LogP contribution in [0.25, 0.3) is 0 Å². The fourth-order valence-corrected chi connectivity index (χ4v) is 3.87. The third-order valence-corrected chi connectivity index (χ3v) is 5.98. The lowest BCUT2D eigenvalue weighted by atomic mass is 10.2. The Hall–Kier alpha value is -2.27. The number of nitrogens with one attached hydrogen (secondary N) is 2. The second-order valence-corrected chi connectivity index (χ2v) is 8.42. The van der Waals surface area contributed by atoms with Crippen molar-refractivity contribution >= 4 is 29.3 Å². The van der Waals surface area contributed by atoms with Crippen LogP contribution in [0.2, 0.25) is 0 Å². The lowest BCUT2D eigenvalue weighted by Gasteiger charge is -2.09. The highest BCUT2D eigenvalue weighted by molar-refractivity contribution is 7.99. The summed E-state index contributed by atoms with van der Waals surface area (Å²) < 4.78 is 0. The van der Waals surface area contributed by atoms with Crippen LogP contribution >= 0.6 is 11.8 Å². The molecule has 2 unspecified atom stereocenters. The summed E-state index contributed by atoms with van der Waals surface area (Å²) in [5.74, 6) is 0.617. The Bertz CT molecular complexity index is 833. The van der Waals surface area contributed by atoms with Gasteiger partial charge in [-0.1, -0.05) is 36.4 Å². The third-order valence-electron chi connectivity index (χ3n) is 4.79. The van der Waals surface area contributed by atoms with E-state index >= 15 is 0 Å². The second kappa shape index (κ2) is 8.61. The molecule has 2 amide bonds. The van der Waals surface area contributed by atoms with Gasteiger partial charge in [-0.25, -0.2) is 0 Å². The van der Waals surface area contributed by atoms with Gasteiger partial charge in [0.05, 0.1) is 0 Å². The van der Waals surface area contributed by atoms with Crippen LogP contribution in [0.3, 0.4) is 0 Å². The first kappa shape index (κ1) is 19.5. The fraction of sp³-hybridized carbons (Fsp3) is 0.364. The van der Waals surface area contributed by atoms with Crippen molar-refractivity contribution in [1.82, 2.24) is 5.32 Å². The van der Waals surface area contributed by atoms with Gasteiger partial charge in [-0.05, 0) is 62.1 Å². The molecule has 1 fully saturated rings. The molecule has 27 heavy (non-hydrogen) atoms. The van der Waals surface area contributed by atoms with Gasteiger partial charge in [0.1, 0.15) is 0 Å². The van der Waals surface area contributed by atoms with Crippen molar-refractivity contribution < 1.29 is 9.59 Å². The predicted octanol–water partition coefficient (Wildman–Crippen LogP) is 4.56. The van der Waals surface area contributed by atoms with Crippen LogP contribution in [0.4, 0.5) is 5.69 Å². The number of hydrogen-bond acceptors (Lipinski definition) is 3. The van der Waals surface area contributed by atoms with Crippen molar-refractivity contribution in [2.24, 2.45) is 11.8 Å². The van der Waals surface area contributed by atoms with E-state index in [0.29, 0.717) is 12.5 Å². The van der Waals surface area contributed by atoms with Crippen LogP contribution in [0.15, 0.2) is 52.3 Å². The molecule has 0 aliphatic heterocycles. The molecule has 4 nitrogen and oxygen atoms in total. The smallest absolute Gasteiger partial charge is 0.226 e. The zero-order chi connectivity index (χ0) is 19.4. The molecule has 0 bridgehead atoms. The molecule has 1 aliphatic rings. The Morgan fingerprint density at radius 3 is 2.44 bits per heavy atom. The molecule has 5 heteroatoms. The maximum absolute atomic E-state index is 12.0. The summed E-state index contributed by atoms with van der Waals surface area (Å²) in [5.41, 5.74) is 3.30. The lowest BCUT2D eigenvalue weighted by molar-refractivity contribution is -0.122. The van der Waals surface area contributed by atoms with Gasteiger partial charge in [0.2, 0.25) is 11.8 Å². The monoisotopic (exact) mass is 382 g/mol. The number of anilines is 1. The van der Waals surface area contributed by atoms with Gasteiger partial charge in [0.15, 0.2) is 0 Å². The van der Waals surface area contributed by atoms with E-state index in [1.54, 1.807) is 11.8 Å². The van der Waals surface area contributed by atoms with Gasteiger partial charge in [-0.15, -0.1) is 0 Å². The number of amides is 2. The molecular formula is C22H26N2O2S. The van der Waals surface area contributed by atoms with E-state index < -0.39 is 0 Å². The Balaban J connectivity index is 1.45. The normalized spacial score (nSPS) is 18.0. The summed E-state index contributed by atoms with van der Waals surface area (Å²) in [4.78, 5) is 26.1. The van der Waals surface area contributed by atoms with E-state index in [-0.39, 0.29) is 24.2 Å². The molecule has 1 saturated carbocycles. The Morgan fingerprint density at radius 1 is 1.11 bits per heavy atom. The molecule has 142 valence electrons. The quantitative estimate of drug-likeness (QED) is 0.738. The number of rotatable bonds is 7. The number of benzene rings is 2. The SMILES string of the molecule is Cc1ccc(Sc2ccc(NC(=O)CCNC(=O)C3CC3C)cc2)c(C)c1. The Morgan fingerprint density at radius 2 is 1.81 bits per heavy atom. The van der Waals surface area contributed by atoms with Crippen LogP contribution in [-0.2, 0) is 9.59 Å². The molecule has 2 aromatic carbocycles. The largest absolute Gasteiger partial charge is 0.355 e. The number of carbonyl (C=O) groups is 2. The second-order valence-electron chi connectivity index (χ2n) is 7.30. The summed E-state index contributed by atoms with van der Waals surface area (Å²) >= 11 is 1.72. The van der Waals surface area contributed by atoms with E-state index in [9.17, 15) is 9.59 Å². The topological polar surface area (TPSA) is 58.2 Å². The molecule has 0 radical (unpaired) electrons. The first-order valence-corrected chi connectivity index (χ1v) is 10.2. The highest BCUT2D eigenvalue weighted by Crippen LogP contribution is 2.37. The average Bonchev–Trinajstić information content (AvgIpc) is 3.36. The summed E-state index contributed by atoms with van der Waals surface area (Å²) in [6.45, 7) is 6.66. The van der Waals surface area contributed by atoms with Crippen LogP contribution in [0.5, 0.6) is 0 Å². The van der Waals surface area contributed by atoms with Crippen LogP contribution < -0.4 is 10.6 Å². The van der Waals surface area contributed by atoms with Gasteiger partial charge in [0, 0.05) is 34.4 Å². The van der Waals surface area contributed by atoms with Gasteiger partial charge in [-0.2, -0.15) is 0 Å². The predicted molar refractivity (Wildman–Crippen MR) is 110 cm³/mol. The fourth-order valence-electron chi connectivity index (χ4n) is 2.99. The van der Waals surface area contributed by atoms with Crippen molar-refractivity contribution in [3.8, 4) is 0 Å². The average molecular weight is 383 g/mol. The van der Waals surface area contributed by atoms with E-state index in [0.717, 1.165) is 17.0 Å². The van der Waals surface area contributed by atoms with Crippen molar-refractivity contribution in [3.05, 3.63) is 53.6 Å². The molecule has 2 atom stereocenters. The van der Waals surface area contributed by atoms with Crippen molar-refractivity contribution in [2.75, 3.05) is 11.9 Å². The number of carbonyl (C=O) groups excluding carboxylic acids is 2. The summed E-state index contributed by atoms with van der Waals surface area (Å²) in [6.07, 6.45) is 1.25. The zero-order valence-corrected chi connectivity index (χ0v) is 16.9. The lowest BCUT2D eigenvalue weighted by Crippen LogP contribution is -2.29. The first-order chi connectivity index (χ1) is 12.9. The molecule has 2 N–H and O–H groups in total. The molecule has 0 spiro atoms.